The molecule has 73 heavy (non-hydrogen) atoms. The van der Waals surface area contributed by atoms with Gasteiger partial charge in [0, 0.05) is 61.7 Å². The van der Waals surface area contributed by atoms with Gasteiger partial charge in [0.1, 0.15) is 11.0 Å². The van der Waals surface area contributed by atoms with Crippen LogP contribution < -0.4 is 22.2 Å². The van der Waals surface area contributed by atoms with Gasteiger partial charge in [-0.05, 0) is 93.3 Å². The second kappa shape index (κ2) is 26.3. The molecule has 7 heterocycles. The highest BCUT2D eigenvalue weighted by Gasteiger charge is 2.32. The minimum Gasteiger partial charge on any atom is -0.274 e. The van der Waals surface area contributed by atoms with Crippen LogP contribution in [0.3, 0.4) is 0 Å². The maximum absolute atomic E-state index is 15.4. The van der Waals surface area contributed by atoms with Crippen LogP contribution in [0.5, 0.6) is 0 Å². The maximum atomic E-state index is 15.4. The van der Waals surface area contributed by atoms with Gasteiger partial charge < -0.3 is 0 Å². The van der Waals surface area contributed by atoms with Crippen molar-refractivity contribution in [3.63, 3.8) is 0 Å². The Hall–Kier alpha value is -4.58. The van der Waals surface area contributed by atoms with Gasteiger partial charge in [-0.1, -0.05) is 156 Å². The number of fused-ring (bicyclic) bond motifs is 5. The predicted octanol–water partition coefficient (Wildman–Crippen LogP) is 17.3. The smallest absolute Gasteiger partial charge is 0.262 e. The van der Waals surface area contributed by atoms with E-state index in [9.17, 15) is 0 Å². The molecule has 8 rings (SSSR count). The summed E-state index contributed by atoms with van der Waals surface area (Å²) in [6, 6.07) is 8.73. The Morgan fingerprint density at radius 1 is 0.425 bits per heavy atom. The Balaban J connectivity index is 1.35. The van der Waals surface area contributed by atoms with Gasteiger partial charge in [0.25, 0.3) is 22.2 Å². The first-order chi connectivity index (χ1) is 35.6. The summed E-state index contributed by atoms with van der Waals surface area (Å²) in [6.45, 7) is 13.7. The Morgan fingerprint density at radius 3 is 1.32 bits per heavy atom. The van der Waals surface area contributed by atoms with Gasteiger partial charge in [0.2, 0.25) is 0 Å². The van der Waals surface area contributed by atoms with Crippen molar-refractivity contribution < 1.29 is 0 Å². The van der Waals surface area contributed by atoms with Crippen molar-refractivity contribution in [2.24, 2.45) is 0 Å². The van der Waals surface area contributed by atoms with E-state index in [1.165, 1.54) is 78.9 Å². The second-order valence-electron chi connectivity index (χ2n) is 21.0. The molecule has 0 radical (unpaired) electrons. The van der Waals surface area contributed by atoms with Crippen LogP contribution in [0, 0.1) is 13.8 Å². The normalized spacial score (nSPS) is 12.1. The van der Waals surface area contributed by atoms with Crippen LogP contribution in [-0.2, 0) is 25.9 Å². The molecule has 7 aromatic heterocycles. The summed E-state index contributed by atoms with van der Waals surface area (Å²) >= 11 is 4.85. The number of thiophene rings is 3. The summed E-state index contributed by atoms with van der Waals surface area (Å²) in [5.74, 6) is 0. The van der Waals surface area contributed by atoms with Gasteiger partial charge in [-0.25, -0.2) is 0 Å². The van der Waals surface area contributed by atoms with Crippen molar-refractivity contribution in [3.05, 3.63) is 99.6 Å². The lowest BCUT2D eigenvalue weighted by atomic mass is 9.93. The number of hydrogen-bond donors (Lipinski definition) is 0. The van der Waals surface area contributed by atoms with E-state index < -0.39 is 0 Å². The molecule has 1 aromatic carbocycles. The molecule has 0 amide bonds. The minimum absolute atomic E-state index is 0.286. The van der Waals surface area contributed by atoms with Crippen LogP contribution in [-0.4, -0.2) is 19.1 Å². The van der Waals surface area contributed by atoms with E-state index in [-0.39, 0.29) is 33.0 Å². The van der Waals surface area contributed by atoms with Crippen molar-refractivity contribution in [2.45, 2.75) is 222 Å². The number of benzene rings is 1. The lowest BCUT2D eigenvalue weighted by Gasteiger charge is -2.07. The van der Waals surface area contributed by atoms with E-state index >= 15 is 19.2 Å². The summed E-state index contributed by atoms with van der Waals surface area (Å²) in [4.78, 5) is 75.2. The van der Waals surface area contributed by atoms with E-state index in [1.54, 1.807) is 34.0 Å². The number of unbranched alkanes of at least 4 members (excludes halogenated alkanes) is 20. The molecule has 0 saturated heterocycles. The first-order valence-electron chi connectivity index (χ1n) is 28.5. The largest absolute Gasteiger partial charge is 0.274 e. The van der Waals surface area contributed by atoms with Crippen molar-refractivity contribution >= 4 is 76.0 Å². The third-order valence-electron chi connectivity index (χ3n) is 15.3. The molecule has 0 atom stereocenters. The van der Waals surface area contributed by atoms with E-state index in [1.807, 2.05) is 12.4 Å². The van der Waals surface area contributed by atoms with Gasteiger partial charge in [0.05, 0.1) is 30.9 Å². The average molecular weight is 1040 g/mol. The first-order valence-corrected chi connectivity index (χ1v) is 30.9. The monoisotopic (exact) mass is 1040 g/mol. The lowest BCUT2D eigenvalue weighted by molar-refractivity contribution is 0.547. The molecular formula is C62H80N4O4S3. The summed E-state index contributed by atoms with van der Waals surface area (Å²) in [5, 5.41) is 1.16. The quantitative estimate of drug-likeness (QED) is 0.0401. The fourth-order valence-corrected chi connectivity index (χ4v) is 14.7. The number of rotatable bonds is 31. The number of aromatic nitrogens is 4. The molecule has 0 N–H and O–H groups in total. The zero-order valence-electron chi connectivity index (χ0n) is 44.9. The molecular weight excluding hydrogens is 961 g/mol. The highest BCUT2D eigenvalue weighted by Crippen LogP contribution is 2.47. The zero-order chi connectivity index (χ0) is 51.4. The Bertz CT molecular complexity index is 3240. The van der Waals surface area contributed by atoms with Gasteiger partial charge in [0.15, 0.2) is 0 Å². The SMILES string of the molecule is CCCCCCCCc1cc(-c2c3c(=O)n(CCCCCCCC)c(=O)c3c(-c3cc(CCCCCCCC)c(-c4cnc5c(c4)sc4cc(C)cnc45)s3)c3c(=O)n(CCCCCCCC)c(=O)c23)sc1C. The molecule has 0 saturated carbocycles. The van der Waals surface area contributed by atoms with Crippen LogP contribution >= 0.6 is 34.0 Å². The van der Waals surface area contributed by atoms with E-state index in [2.05, 4.69) is 65.8 Å². The van der Waals surface area contributed by atoms with E-state index in [0.29, 0.717) is 47.8 Å². The number of nitrogens with zero attached hydrogens (tertiary/aromatic N) is 4. The number of aryl methyl sites for hydroxylation is 4. The molecule has 11 heteroatoms. The van der Waals surface area contributed by atoms with Crippen molar-refractivity contribution in [1.82, 2.24) is 19.1 Å². The summed E-state index contributed by atoms with van der Waals surface area (Å²) in [5.41, 5.74) is 5.74. The highest BCUT2D eigenvalue weighted by molar-refractivity contribution is 7.25. The molecule has 0 unspecified atom stereocenters. The number of hydrogen-bond acceptors (Lipinski definition) is 9. The third-order valence-corrected chi connectivity index (χ3v) is 18.7. The summed E-state index contributed by atoms with van der Waals surface area (Å²) < 4.78 is 5.03. The van der Waals surface area contributed by atoms with Gasteiger partial charge in [-0.15, -0.1) is 34.0 Å². The molecule has 0 fully saturated rings. The molecule has 8 nitrogen and oxygen atoms in total. The predicted molar refractivity (Wildman–Crippen MR) is 316 cm³/mol. The Kier molecular flexibility index (Phi) is 19.7. The van der Waals surface area contributed by atoms with E-state index in [0.717, 1.165) is 147 Å². The molecule has 0 aliphatic heterocycles. The average Bonchev–Trinajstić information content (AvgIpc) is 4.18. The van der Waals surface area contributed by atoms with Gasteiger partial charge >= 0.3 is 0 Å². The van der Waals surface area contributed by atoms with E-state index in [4.69, 9.17) is 9.97 Å². The fourth-order valence-electron chi connectivity index (χ4n) is 11.1. The molecule has 0 spiro atoms. The Labute approximate surface area is 445 Å². The molecule has 8 aromatic rings. The minimum atomic E-state index is -0.355. The van der Waals surface area contributed by atoms with Crippen LogP contribution in [0.4, 0.5) is 0 Å². The Morgan fingerprint density at radius 2 is 0.822 bits per heavy atom. The van der Waals surface area contributed by atoms with Crippen LogP contribution in [0.1, 0.15) is 203 Å². The van der Waals surface area contributed by atoms with Gasteiger partial charge in [-0.2, -0.15) is 0 Å². The topological polar surface area (TPSA) is 104 Å². The highest BCUT2D eigenvalue weighted by atomic mass is 32.1. The molecule has 0 aliphatic rings. The molecule has 390 valence electrons. The van der Waals surface area contributed by atoms with Crippen molar-refractivity contribution in [3.8, 4) is 31.3 Å². The van der Waals surface area contributed by atoms with Crippen LogP contribution in [0.25, 0.3) is 73.3 Å². The van der Waals surface area contributed by atoms with Gasteiger partial charge in [-0.3, -0.25) is 38.3 Å². The molecule has 0 aliphatic carbocycles. The number of pyridine rings is 2. The van der Waals surface area contributed by atoms with Crippen LogP contribution in [0.2, 0.25) is 0 Å². The van der Waals surface area contributed by atoms with Crippen molar-refractivity contribution in [2.75, 3.05) is 0 Å². The van der Waals surface area contributed by atoms with Crippen molar-refractivity contribution in [1.29, 1.82) is 0 Å². The fraction of sp³-hybridized carbons (Fsp3) is 0.548. The third kappa shape index (κ3) is 12.3. The lowest BCUT2D eigenvalue weighted by Crippen LogP contribution is -2.26. The zero-order valence-corrected chi connectivity index (χ0v) is 47.4. The van der Waals surface area contributed by atoms with Crippen LogP contribution in [0.15, 0.2) is 55.8 Å². The standard InChI is InChI=1S/C62H80N4O4S3/c1-7-11-15-19-23-27-31-43-36-46(71-42(43)6)50-52-54(61(69)65(59(52)67)33-29-25-21-17-13-9-3)51(55-53(50)60(68)66(62(55)70)34-30-26-22-18-14-10-4)47-37-44(32-28-24-20-16-12-8-2)58(73-47)45-38-49-57(64-40-45)56-48(72-49)35-41(5)39-63-56/h35-40H,7-34H2,1-6H3. The maximum Gasteiger partial charge on any atom is 0.262 e. The second-order valence-corrected chi connectivity index (χ2v) is 24.4. The molecule has 0 bridgehead atoms. The summed E-state index contributed by atoms with van der Waals surface area (Å²) in [6.07, 6.45) is 31.8. The summed E-state index contributed by atoms with van der Waals surface area (Å²) in [7, 11) is 0. The first kappa shape index (κ1) is 54.7.